The molecule has 0 radical (unpaired) electrons. The number of hydrogen-bond donors (Lipinski definition) is 1. The molecule has 26 heavy (non-hydrogen) atoms. The van der Waals surface area contributed by atoms with Gasteiger partial charge in [-0.15, -0.1) is 0 Å². The van der Waals surface area contributed by atoms with E-state index in [0.717, 1.165) is 37.4 Å². The molecule has 1 amide bonds. The van der Waals surface area contributed by atoms with Crippen molar-refractivity contribution in [2.75, 3.05) is 5.75 Å². The molecule has 1 fully saturated rings. The summed E-state index contributed by atoms with van der Waals surface area (Å²) < 4.78 is 14.6. The summed E-state index contributed by atoms with van der Waals surface area (Å²) in [5.74, 6) is -0.512. The maximum absolute atomic E-state index is 13.3. The number of amides is 1. The first kappa shape index (κ1) is 18.9. The Hall–Kier alpha value is -1.86. The minimum absolute atomic E-state index is 0.0627. The van der Waals surface area contributed by atoms with E-state index in [9.17, 15) is 14.0 Å². The molecule has 3 rings (SSSR count). The highest BCUT2D eigenvalue weighted by molar-refractivity contribution is 7.99. The van der Waals surface area contributed by atoms with Gasteiger partial charge in [-0.2, -0.15) is 0 Å². The van der Waals surface area contributed by atoms with E-state index in [4.69, 9.17) is 11.6 Å². The van der Waals surface area contributed by atoms with Crippen molar-refractivity contribution in [2.24, 2.45) is 0 Å². The summed E-state index contributed by atoms with van der Waals surface area (Å²) in [6.07, 6.45) is 8.49. The molecular weight excluding hydrogens is 377 g/mol. The molecule has 2 aromatic rings. The van der Waals surface area contributed by atoms with Crippen LogP contribution in [0.3, 0.4) is 0 Å². The van der Waals surface area contributed by atoms with Crippen molar-refractivity contribution in [3.05, 3.63) is 51.8 Å². The van der Waals surface area contributed by atoms with Gasteiger partial charge in [-0.25, -0.2) is 9.37 Å². The van der Waals surface area contributed by atoms with Crippen LogP contribution in [0.2, 0.25) is 5.02 Å². The van der Waals surface area contributed by atoms with Crippen LogP contribution in [0, 0.1) is 5.82 Å². The maximum atomic E-state index is 13.3. The number of aromatic nitrogens is 2. The fourth-order valence-electron chi connectivity index (χ4n) is 2.98. The molecule has 5 nitrogen and oxygen atoms in total. The van der Waals surface area contributed by atoms with Crippen LogP contribution < -0.4 is 10.9 Å². The van der Waals surface area contributed by atoms with E-state index in [1.54, 1.807) is 0 Å². The molecule has 0 aliphatic heterocycles. The number of halogens is 2. The van der Waals surface area contributed by atoms with Crippen LogP contribution >= 0.6 is 23.4 Å². The molecule has 0 unspecified atom stereocenters. The van der Waals surface area contributed by atoms with E-state index in [1.807, 2.05) is 0 Å². The fraction of sp³-hybridized carbons (Fsp3) is 0.389. The molecule has 8 heteroatoms. The predicted octanol–water partition coefficient (Wildman–Crippen LogP) is 3.57. The van der Waals surface area contributed by atoms with Gasteiger partial charge in [-0.05, 0) is 31.0 Å². The van der Waals surface area contributed by atoms with E-state index in [0.29, 0.717) is 5.69 Å². The molecule has 1 aromatic heterocycles. The summed E-state index contributed by atoms with van der Waals surface area (Å²) in [7, 11) is 0. The van der Waals surface area contributed by atoms with Gasteiger partial charge in [0.15, 0.2) is 5.03 Å². The number of carbonyl (C=O) groups excluding carboxylic acids is 1. The third-order valence-corrected chi connectivity index (χ3v) is 5.55. The van der Waals surface area contributed by atoms with E-state index >= 15 is 0 Å². The second kappa shape index (κ2) is 8.68. The molecule has 0 saturated heterocycles. The summed E-state index contributed by atoms with van der Waals surface area (Å²) in [4.78, 5) is 28.8. The largest absolute Gasteiger partial charge is 0.353 e. The standard InChI is InChI=1S/C18H19ClFN3O2S/c19-14-10-13(6-7-15(14)20)23-9-8-21-17(18(23)25)26-11-16(24)22-12-4-2-1-3-5-12/h6-10,12H,1-5,11H2,(H,22,24). The molecule has 1 aliphatic carbocycles. The van der Waals surface area contributed by atoms with Crippen LogP contribution in [-0.2, 0) is 4.79 Å². The van der Waals surface area contributed by atoms with E-state index in [1.165, 1.54) is 41.6 Å². The van der Waals surface area contributed by atoms with Crippen LogP contribution in [0.1, 0.15) is 32.1 Å². The van der Waals surface area contributed by atoms with Gasteiger partial charge in [0.2, 0.25) is 5.91 Å². The molecular formula is C18H19ClFN3O2S. The third-order valence-electron chi connectivity index (χ3n) is 4.30. The number of rotatable bonds is 5. The molecule has 1 saturated carbocycles. The van der Waals surface area contributed by atoms with E-state index in [-0.39, 0.29) is 33.3 Å². The Morgan fingerprint density at radius 2 is 2.12 bits per heavy atom. The number of benzene rings is 1. The highest BCUT2D eigenvalue weighted by Gasteiger charge is 2.16. The Labute approximate surface area is 160 Å². The second-order valence-corrected chi connectivity index (χ2v) is 7.57. The first-order valence-corrected chi connectivity index (χ1v) is 9.86. The average Bonchev–Trinajstić information content (AvgIpc) is 2.64. The van der Waals surface area contributed by atoms with Crippen molar-refractivity contribution in [1.82, 2.24) is 14.9 Å². The van der Waals surface area contributed by atoms with Gasteiger partial charge < -0.3 is 5.32 Å². The molecule has 138 valence electrons. The van der Waals surface area contributed by atoms with Gasteiger partial charge in [0.1, 0.15) is 5.82 Å². The van der Waals surface area contributed by atoms with Crippen LogP contribution in [0.5, 0.6) is 0 Å². The molecule has 1 aliphatic rings. The average molecular weight is 396 g/mol. The van der Waals surface area contributed by atoms with Gasteiger partial charge in [0, 0.05) is 18.4 Å². The summed E-state index contributed by atoms with van der Waals surface area (Å²) >= 11 is 6.88. The number of hydrogen-bond acceptors (Lipinski definition) is 4. The number of nitrogens with one attached hydrogen (secondary N) is 1. The summed E-state index contributed by atoms with van der Waals surface area (Å²) in [5, 5.41) is 3.16. The van der Waals surface area contributed by atoms with Crippen LogP contribution in [0.25, 0.3) is 5.69 Å². The van der Waals surface area contributed by atoms with Crippen molar-refractivity contribution in [1.29, 1.82) is 0 Å². The molecule has 0 spiro atoms. The topological polar surface area (TPSA) is 64.0 Å². The van der Waals surface area contributed by atoms with E-state index in [2.05, 4.69) is 10.3 Å². The van der Waals surface area contributed by atoms with Crippen molar-refractivity contribution in [3.8, 4) is 5.69 Å². The van der Waals surface area contributed by atoms with Gasteiger partial charge in [-0.1, -0.05) is 42.6 Å². The molecule has 0 atom stereocenters. The SMILES string of the molecule is O=C(CSc1nccn(-c2ccc(F)c(Cl)c2)c1=O)NC1CCCCC1. The Morgan fingerprint density at radius 1 is 1.35 bits per heavy atom. The summed E-state index contributed by atoms with van der Waals surface area (Å²) in [5.41, 5.74) is 0.0722. The third kappa shape index (κ3) is 4.65. The minimum atomic E-state index is -0.550. The van der Waals surface area contributed by atoms with Gasteiger partial charge in [0.25, 0.3) is 5.56 Å². The lowest BCUT2D eigenvalue weighted by molar-refractivity contribution is -0.119. The zero-order chi connectivity index (χ0) is 18.5. The minimum Gasteiger partial charge on any atom is -0.353 e. The summed E-state index contributed by atoms with van der Waals surface area (Å²) in [6, 6.07) is 4.28. The lowest BCUT2D eigenvalue weighted by atomic mass is 9.95. The van der Waals surface area contributed by atoms with E-state index < -0.39 is 5.82 Å². The summed E-state index contributed by atoms with van der Waals surface area (Å²) in [6.45, 7) is 0. The lowest BCUT2D eigenvalue weighted by Crippen LogP contribution is -2.37. The number of carbonyl (C=O) groups is 1. The van der Waals surface area contributed by atoms with Crippen LogP contribution in [-0.4, -0.2) is 27.3 Å². The first-order valence-electron chi connectivity index (χ1n) is 8.50. The number of thioether (sulfide) groups is 1. The maximum Gasteiger partial charge on any atom is 0.287 e. The lowest BCUT2D eigenvalue weighted by Gasteiger charge is -2.22. The van der Waals surface area contributed by atoms with Crippen molar-refractivity contribution < 1.29 is 9.18 Å². The fourth-order valence-corrected chi connectivity index (χ4v) is 3.86. The Morgan fingerprint density at radius 3 is 2.85 bits per heavy atom. The van der Waals surface area contributed by atoms with Gasteiger partial charge in [-0.3, -0.25) is 14.2 Å². The highest BCUT2D eigenvalue weighted by atomic mass is 35.5. The predicted molar refractivity (Wildman–Crippen MR) is 101 cm³/mol. The Kier molecular flexibility index (Phi) is 6.32. The van der Waals surface area contributed by atoms with Crippen molar-refractivity contribution in [2.45, 2.75) is 43.2 Å². The van der Waals surface area contributed by atoms with Crippen LogP contribution in [0.15, 0.2) is 40.4 Å². The van der Waals surface area contributed by atoms with Gasteiger partial charge >= 0.3 is 0 Å². The Balaban J connectivity index is 1.68. The van der Waals surface area contributed by atoms with Crippen LogP contribution in [0.4, 0.5) is 4.39 Å². The smallest absolute Gasteiger partial charge is 0.287 e. The normalized spacial score (nSPS) is 15.0. The quantitative estimate of drug-likeness (QED) is 0.786. The zero-order valence-electron chi connectivity index (χ0n) is 14.1. The molecule has 1 N–H and O–H groups in total. The van der Waals surface area contributed by atoms with Crippen molar-refractivity contribution in [3.63, 3.8) is 0 Å². The zero-order valence-corrected chi connectivity index (χ0v) is 15.7. The Bertz CT molecular complexity index is 853. The van der Waals surface area contributed by atoms with Crippen molar-refractivity contribution >= 4 is 29.3 Å². The molecule has 0 bridgehead atoms. The van der Waals surface area contributed by atoms with Gasteiger partial charge in [0.05, 0.1) is 16.5 Å². The second-order valence-electron chi connectivity index (χ2n) is 6.20. The molecule has 1 aromatic carbocycles. The first-order chi connectivity index (χ1) is 12.5. The highest BCUT2D eigenvalue weighted by Crippen LogP contribution is 2.20. The molecule has 1 heterocycles. The monoisotopic (exact) mass is 395 g/mol. The number of nitrogens with zero attached hydrogens (tertiary/aromatic N) is 2.